The van der Waals surface area contributed by atoms with E-state index in [1.54, 1.807) is 0 Å². The highest BCUT2D eigenvalue weighted by atomic mass is 35.5. The molecule has 0 bridgehead atoms. The van der Waals surface area contributed by atoms with Gasteiger partial charge in [-0.05, 0) is 11.6 Å². The SMILES string of the molecule is COC(=O)CON=C(C(=O)Cl)c1csc(NC(=O)CCl)n1.Cl. The summed E-state index contributed by atoms with van der Waals surface area (Å²) in [7, 11) is 1.18. The summed E-state index contributed by atoms with van der Waals surface area (Å²) in [5, 5.41) is 6.56. The van der Waals surface area contributed by atoms with E-state index in [1.807, 2.05) is 0 Å². The molecule has 0 atom stereocenters. The fourth-order valence-electron chi connectivity index (χ4n) is 0.984. The van der Waals surface area contributed by atoms with Gasteiger partial charge in [-0.1, -0.05) is 5.16 Å². The van der Waals surface area contributed by atoms with Crippen LogP contribution < -0.4 is 5.32 Å². The Morgan fingerprint density at radius 3 is 2.68 bits per heavy atom. The maximum Gasteiger partial charge on any atom is 0.346 e. The van der Waals surface area contributed by atoms with E-state index in [4.69, 9.17) is 23.2 Å². The Kier molecular flexibility index (Phi) is 9.66. The number of ether oxygens (including phenoxy) is 1. The number of oxime groups is 1. The number of rotatable bonds is 7. The minimum absolute atomic E-state index is 0. The van der Waals surface area contributed by atoms with Crippen LogP contribution in [0.15, 0.2) is 10.5 Å². The number of anilines is 1. The molecule has 12 heteroatoms. The summed E-state index contributed by atoms with van der Waals surface area (Å²) in [6.07, 6.45) is 0. The molecule has 0 aliphatic rings. The van der Waals surface area contributed by atoms with Crippen LogP contribution in [-0.2, 0) is 24.0 Å². The number of hydrogen-bond donors (Lipinski definition) is 1. The van der Waals surface area contributed by atoms with Gasteiger partial charge in [-0.15, -0.1) is 35.3 Å². The molecule has 1 N–H and O–H groups in total. The number of esters is 1. The molecule has 122 valence electrons. The first kappa shape index (κ1) is 20.6. The van der Waals surface area contributed by atoms with Gasteiger partial charge in [0.15, 0.2) is 10.8 Å². The summed E-state index contributed by atoms with van der Waals surface area (Å²) in [5.74, 6) is -1.35. The Balaban J connectivity index is 0.00000441. The molecule has 0 saturated carbocycles. The highest BCUT2D eigenvalue weighted by Gasteiger charge is 2.17. The van der Waals surface area contributed by atoms with Crippen LogP contribution in [0.5, 0.6) is 0 Å². The third kappa shape index (κ3) is 6.56. The summed E-state index contributed by atoms with van der Waals surface area (Å²) < 4.78 is 4.33. The molecule has 1 rings (SSSR count). The normalized spacial score (nSPS) is 10.4. The average Bonchev–Trinajstić information content (AvgIpc) is 2.90. The lowest BCUT2D eigenvalue weighted by atomic mass is 10.3. The second-order valence-corrected chi connectivity index (χ2v) is 4.75. The Bertz CT molecular complexity index is 578. The lowest BCUT2D eigenvalue weighted by Gasteiger charge is -2.00. The number of nitrogens with zero attached hydrogens (tertiary/aromatic N) is 2. The fraction of sp³-hybridized carbons (Fsp3) is 0.300. The predicted octanol–water partition coefficient (Wildman–Crippen LogP) is 1.40. The maximum atomic E-state index is 11.3. The van der Waals surface area contributed by atoms with E-state index in [1.165, 1.54) is 12.5 Å². The van der Waals surface area contributed by atoms with Crippen molar-refractivity contribution >= 4 is 74.9 Å². The molecule has 0 aromatic carbocycles. The number of amides is 1. The second kappa shape index (κ2) is 10.3. The van der Waals surface area contributed by atoms with E-state index in [-0.39, 0.29) is 34.8 Å². The highest BCUT2D eigenvalue weighted by Crippen LogP contribution is 2.17. The molecule has 1 amide bonds. The third-order valence-electron chi connectivity index (χ3n) is 1.87. The van der Waals surface area contributed by atoms with Crippen LogP contribution in [-0.4, -0.2) is 47.4 Å². The first-order valence-electron chi connectivity index (χ1n) is 5.26. The molecule has 0 spiro atoms. The molecule has 1 heterocycles. The number of aromatic nitrogens is 1. The van der Waals surface area contributed by atoms with E-state index < -0.39 is 23.7 Å². The van der Waals surface area contributed by atoms with Crippen molar-refractivity contribution in [2.45, 2.75) is 0 Å². The van der Waals surface area contributed by atoms with Crippen molar-refractivity contribution in [1.82, 2.24) is 4.98 Å². The quantitative estimate of drug-likeness (QED) is 0.248. The van der Waals surface area contributed by atoms with E-state index in [9.17, 15) is 14.4 Å². The first-order valence-corrected chi connectivity index (χ1v) is 7.05. The van der Waals surface area contributed by atoms with E-state index in [2.05, 4.69) is 25.0 Å². The van der Waals surface area contributed by atoms with Gasteiger partial charge in [-0.25, -0.2) is 9.78 Å². The molecular formula is C10H10Cl3N3O5S. The summed E-state index contributed by atoms with van der Waals surface area (Å²) in [6.45, 7) is -0.482. The molecule has 0 saturated heterocycles. The summed E-state index contributed by atoms with van der Waals surface area (Å²) in [5.41, 5.74) is -0.210. The first-order chi connectivity index (χ1) is 9.97. The van der Waals surface area contributed by atoms with Gasteiger partial charge in [0.25, 0.3) is 5.24 Å². The molecule has 0 unspecified atom stereocenters. The van der Waals surface area contributed by atoms with Crippen LogP contribution in [0.1, 0.15) is 5.69 Å². The molecule has 1 aromatic rings. The predicted molar refractivity (Wildman–Crippen MR) is 84.1 cm³/mol. The van der Waals surface area contributed by atoms with Crippen LogP contribution in [0, 0.1) is 0 Å². The minimum Gasteiger partial charge on any atom is -0.466 e. The van der Waals surface area contributed by atoms with Crippen LogP contribution in [0.25, 0.3) is 0 Å². The van der Waals surface area contributed by atoms with Crippen LogP contribution in [0.4, 0.5) is 5.13 Å². The number of alkyl halides is 1. The largest absolute Gasteiger partial charge is 0.466 e. The topological polar surface area (TPSA) is 107 Å². The summed E-state index contributed by atoms with van der Waals surface area (Å²) in [6, 6.07) is 0. The van der Waals surface area contributed by atoms with E-state index in [0.717, 1.165) is 11.3 Å². The zero-order valence-electron chi connectivity index (χ0n) is 11.0. The highest BCUT2D eigenvalue weighted by molar-refractivity contribution is 7.14. The number of hydrogen-bond acceptors (Lipinski definition) is 8. The number of methoxy groups -OCH3 is 1. The smallest absolute Gasteiger partial charge is 0.346 e. The van der Waals surface area contributed by atoms with Gasteiger partial charge in [0, 0.05) is 5.38 Å². The summed E-state index contributed by atoms with van der Waals surface area (Å²) in [4.78, 5) is 41.8. The molecule has 8 nitrogen and oxygen atoms in total. The Labute approximate surface area is 145 Å². The lowest BCUT2D eigenvalue weighted by molar-refractivity contribution is -0.145. The molecule has 0 fully saturated rings. The summed E-state index contributed by atoms with van der Waals surface area (Å²) >= 11 is 11.7. The van der Waals surface area contributed by atoms with E-state index in [0.29, 0.717) is 0 Å². The molecule has 22 heavy (non-hydrogen) atoms. The number of thiazole rings is 1. The van der Waals surface area contributed by atoms with Crippen LogP contribution in [0.3, 0.4) is 0 Å². The van der Waals surface area contributed by atoms with Crippen molar-refractivity contribution in [2.75, 3.05) is 24.9 Å². The number of carbonyl (C=O) groups is 3. The van der Waals surface area contributed by atoms with Crippen molar-refractivity contribution in [1.29, 1.82) is 0 Å². The van der Waals surface area contributed by atoms with Crippen LogP contribution >= 0.6 is 46.9 Å². The van der Waals surface area contributed by atoms with Gasteiger partial charge in [-0.2, -0.15) is 0 Å². The zero-order chi connectivity index (χ0) is 15.8. The van der Waals surface area contributed by atoms with Gasteiger partial charge in [-0.3, -0.25) is 9.59 Å². The average molecular weight is 391 g/mol. The van der Waals surface area contributed by atoms with Gasteiger partial charge >= 0.3 is 5.97 Å². The van der Waals surface area contributed by atoms with Gasteiger partial charge in [0.05, 0.1) is 7.11 Å². The standard InChI is InChI=1S/C10H9Cl2N3O5S.ClH/c1-19-7(17)3-20-15-8(9(12)18)5-4-21-10(13-5)14-6(16)2-11;/h4H,2-3H2,1H3,(H,13,14,16);1H. The van der Waals surface area contributed by atoms with Gasteiger partial charge < -0.3 is 14.9 Å². The van der Waals surface area contributed by atoms with Crippen molar-refractivity contribution < 1.29 is 24.0 Å². The Hall–Kier alpha value is -1.42. The van der Waals surface area contributed by atoms with Crippen molar-refractivity contribution in [2.24, 2.45) is 5.16 Å². The molecular weight excluding hydrogens is 381 g/mol. The molecule has 0 radical (unpaired) electrons. The number of carbonyl (C=O) groups excluding carboxylic acids is 3. The number of halogens is 3. The van der Waals surface area contributed by atoms with Crippen molar-refractivity contribution in [3.8, 4) is 0 Å². The molecule has 0 aliphatic heterocycles. The third-order valence-corrected chi connectivity index (χ3v) is 3.05. The Morgan fingerprint density at radius 1 is 1.45 bits per heavy atom. The van der Waals surface area contributed by atoms with Crippen molar-refractivity contribution in [3.63, 3.8) is 0 Å². The Morgan fingerprint density at radius 2 is 2.14 bits per heavy atom. The molecule has 0 aliphatic carbocycles. The lowest BCUT2D eigenvalue weighted by Crippen LogP contribution is -2.15. The van der Waals surface area contributed by atoms with E-state index >= 15 is 0 Å². The monoisotopic (exact) mass is 389 g/mol. The minimum atomic E-state index is -0.930. The van der Waals surface area contributed by atoms with Crippen molar-refractivity contribution in [3.05, 3.63) is 11.1 Å². The second-order valence-electron chi connectivity index (χ2n) is 3.28. The van der Waals surface area contributed by atoms with Crippen LogP contribution in [0.2, 0.25) is 0 Å². The van der Waals surface area contributed by atoms with Gasteiger partial charge in [0.2, 0.25) is 12.5 Å². The number of nitrogens with one attached hydrogen (secondary N) is 1. The fourth-order valence-corrected chi connectivity index (χ4v) is 1.89. The van der Waals surface area contributed by atoms with Gasteiger partial charge in [0.1, 0.15) is 11.6 Å². The maximum absolute atomic E-state index is 11.3. The zero-order valence-corrected chi connectivity index (χ0v) is 14.1. The molecule has 1 aromatic heterocycles.